The molecule has 138 valence electrons. The Balaban J connectivity index is 1.71. The van der Waals surface area contributed by atoms with Crippen LogP contribution in [0.4, 0.5) is 11.6 Å². The zero-order chi connectivity index (χ0) is 19.2. The van der Waals surface area contributed by atoms with Crippen LogP contribution >= 0.6 is 0 Å². The Morgan fingerprint density at radius 2 is 1.63 bits per heavy atom. The number of amides is 1. The predicted molar refractivity (Wildman–Crippen MR) is 106 cm³/mol. The first kappa shape index (κ1) is 18.4. The minimum absolute atomic E-state index is 0.0429. The van der Waals surface area contributed by atoms with Gasteiger partial charge in [-0.2, -0.15) is 0 Å². The van der Waals surface area contributed by atoms with Crippen LogP contribution in [0.2, 0.25) is 0 Å². The molecule has 2 aromatic carbocycles. The Labute approximate surface area is 158 Å². The SMILES string of the molecule is Cc1cc(C(=O)NC(C)C)nc(Nc2ccc(Oc3ccccc3)cc2)n1. The largest absolute Gasteiger partial charge is 0.457 e. The zero-order valence-corrected chi connectivity index (χ0v) is 15.6. The van der Waals surface area contributed by atoms with E-state index in [9.17, 15) is 4.79 Å². The van der Waals surface area contributed by atoms with E-state index in [1.807, 2.05) is 75.4 Å². The molecule has 0 aliphatic rings. The number of aryl methyl sites for hydroxylation is 1. The van der Waals surface area contributed by atoms with Crippen molar-refractivity contribution in [2.45, 2.75) is 26.8 Å². The Kier molecular flexibility index (Phi) is 5.66. The van der Waals surface area contributed by atoms with Gasteiger partial charge in [-0.05, 0) is 63.2 Å². The number of aromatic nitrogens is 2. The van der Waals surface area contributed by atoms with E-state index in [0.717, 1.165) is 17.2 Å². The second-order valence-corrected chi connectivity index (χ2v) is 6.41. The fraction of sp³-hybridized carbons (Fsp3) is 0.190. The number of para-hydroxylation sites is 1. The molecular weight excluding hydrogens is 340 g/mol. The lowest BCUT2D eigenvalue weighted by Crippen LogP contribution is -2.31. The third-order valence-corrected chi connectivity index (χ3v) is 3.60. The third kappa shape index (κ3) is 5.28. The molecule has 0 aliphatic carbocycles. The lowest BCUT2D eigenvalue weighted by atomic mass is 10.3. The number of benzene rings is 2. The number of hydrogen-bond acceptors (Lipinski definition) is 5. The van der Waals surface area contributed by atoms with Gasteiger partial charge in [0, 0.05) is 17.4 Å². The summed E-state index contributed by atoms with van der Waals surface area (Å²) in [7, 11) is 0. The molecule has 1 heterocycles. The first-order valence-electron chi connectivity index (χ1n) is 8.76. The minimum atomic E-state index is -0.217. The highest BCUT2D eigenvalue weighted by Gasteiger charge is 2.11. The van der Waals surface area contributed by atoms with Gasteiger partial charge >= 0.3 is 0 Å². The Bertz CT molecular complexity index is 909. The molecule has 6 nitrogen and oxygen atoms in total. The van der Waals surface area contributed by atoms with Crippen molar-refractivity contribution in [2.24, 2.45) is 0 Å². The number of ether oxygens (including phenoxy) is 1. The van der Waals surface area contributed by atoms with E-state index in [1.165, 1.54) is 0 Å². The summed E-state index contributed by atoms with van der Waals surface area (Å²) in [4.78, 5) is 20.8. The molecule has 0 saturated carbocycles. The normalized spacial score (nSPS) is 10.5. The van der Waals surface area contributed by atoms with Crippen molar-refractivity contribution < 1.29 is 9.53 Å². The Hall–Kier alpha value is -3.41. The predicted octanol–water partition coefficient (Wildman–Crippen LogP) is 4.46. The number of rotatable bonds is 6. The van der Waals surface area contributed by atoms with Crippen LogP contribution in [0.1, 0.15) is 30.0 Å². The molecule has 2 N–H and O–H groups in total. The molecule has 6 heteroatoms. The molecular formula is C21H22N4O2. The van der Waals surface area contributed by atoms with Gasteiger partial charge in [0.25, 0.3) is 5.91 Å². The third-order valence-electron chi connectivity index (χ3n) is 3.60. The van der Waals surface area contributed by atoms with Gasteiger partial charge in [-0.3, -0.25) is 4.79 Å². The van der Waals surface area contributed by atoms with Crippen LogP contribution in [-0.4, -0.2) is 21.9 Å². The molecule has 0 aliphatic heterocycles. The van der Waals surface area contributed by atoms with Crippen LogP contribution in [0.25, 0.3) is 0 Å². The average molecular weight is 362 g/mol. The quantitative estimate of drug-likeness (QED) is 0.677. The van der Waals surface area contributed by atoms with Crippen molar-refractivity contribution in [3.63, 3.8) is 0 Å². The van der Waals surface area contributed by atoms with Crippen LogP contribution in [0.5, 0.6) is 11.5 Å². The molecule has 0 fully saturated rings. The van der Waals surface area contributed by atoms with Crippen molar-refractivity contribution in [2.75, 3.05) is 5.32 Å². The van der Waals surface area contributed by atoms with Crippen molar-refractivity contribution in [3.05, 3.63) is 72.1 Å². The highest BCUT2D eigenvalue weighted by molar-refractivity contribution is 5.92. The number of carbonyl (C=O) groups excluding carboxylic acids is 1. The monoisotopic (exact) mass is 362 g/mol. The molecule has 1 aromatic heterocycles. The van der Waals surface area contributed by atoms with E-state index in [4.69, 9.17) is 4.74 Å². The van der Waals surface area contributed by atoms with E-state index in [2.05, 4.69) is 20.6 Å². The average Bonchev–Trinajstić information content (AvgIpc) is 2.63. The van der Waals surface area contributed by atoms with Gasteiger partial charge in [0.1, 0.15) is 17.2 Å². The molecule has 3 aromatic rings. The fourth-order valence-corrected chi connectivity index (χ4v) is 2.44. The van der Waals surface area contributed by atoms with Crippen LogP contribution in [0, 0.1) is 6.92 Å². The highest BCUT2D eigenvalue weighted by atomic mass is 16.5. The molecule has 0 radical (unpaired) electrons. The topological polar surface area (TPSA) is 76.1 Å². The van der Waals surface area contributed by atoms with E-state index >= 15 is 0 Å². The summed E-state index contributed by atoms with van der Waals surface area (Å²) < 4.78 is 5.78. The molecule has 0 saturated heterocycles. The van der Waals surface area contributed by atoms with Crippen LogP contribution in [0.3, 0.4) is 0 Å². The van der Waals surface area contributed by atoms with Crippen molar-refractivity contribution in [1.29, 1.82) is 0 Å². The maximum Gasteiger partial charge on any atom is 0.270 e. The summed E-state index contributed by atoms with van der Waals surface area (Å²) >= 11 is 0. The van der Waals surface area contributed by atoms with Gasteiger partial charge in [0.15, 0.2) is 0 Å². The van der Waals surface area contributed by atoms with Gasteiger partial charge in [-0.1, -0.05) is 18.2 Å². The fourth-order valence-electron chi connectivity index (χ4n) is 2.44. The lowest BCUT2D eigenvalue weighted by molar-refractivity contribution is 0.0938. The smallest absolute Gasteiger partial charge is 0.270 e. The summed E-state index contributed by atoms with van der Waals surface area (Å²) in [6.45, 7) is 5.64. The molecule has 0 unspecified atom stereocenters. The summed E-state index contributed by atoms with van der Waals surface area (Å²) in [5, 5.41) is 5.96. The second kappa shape index (κ2) is 8.31. The number of nitrogens with one attached hydrogen (secondary N) is 2. The van der Waals surface area contributed by atoms with E-state index < -0.39 is 0 Å². The lowest BCUT2D eigenvalue weighted by Gasteiger charge is -2.11. The van der Waals surface area contributed by atoms with Crippen LogP contribution in [0.15, 0.2) is 60.7 Å². The maximum atomic E-state index is 12.2. The van der Waals surface area contributed by atoms with Gasteiger partial charge in [-0.15, -0.1) is 0 Å². The van der Waals surface area contributed by atoms with Crippen LogP contribution < -0.4 is 15.4 Å². The van der Waals surface area contributed by atoms with Crippen molar-refractivity contribution in [3.8, 4) is 11.5 Å². The first-order chi connectivity index (χ1) is 13.0. The summed E-state index contributed by atoms with van der Waals surface area (Å²) in [5.41, 5.74) is 1.85. The van der Waals surface area contributed by atoms with Gasteiger partial charge in [-0.25, -0.2) is 9.97 Å². The molecule has 1 amide bonds. The van der Waals surface area contributed by atoms with Gasteiger partial charge in [0.2, 0.25) is 5.95 Å². The molecule has 27 heavy (non-hydrogen) atoms. The number of nitrogens with zero attached hydrogens (tertiary/aromatic N) is 2. The maximum absolute atomic E-state index is 12.2. The molecule has 3 rings (SSSR count). The summed E-state index contributed by atoms with van der Waals surface area (Å²) in [5.74, 6) is 1.67. The summed E-state index contributed by atoms with van der Waals surface area (Å²) in [6.07, 6.45) is 0. The number of carbonyl (C=O) groups is 1. The minimum Gasteiger partial charge on any atom is -0.457 e. The molecule has 0 bridgehead atoms. The Morgan fingerprint density at radius 1 is 0.963 bits per heavy atom. The van der Waals surface area contributed by atoms with Crippen LogP contribution in [-0.2, 0) is 0 Å². The van der Waals surface area contributed by atoms with Gasteiger partial charge < -0.3 is 15.4 Å². The number of hydrogen-bond donors (Lipinski definition) is 2. The number of anilines is 2. The van der Waals surface area contributed by atoms with Crippen molar-refractivity contribution >= 4 is 17.5 Å². The zero-order valence-electron chi connectivity index (χ0n) is 15.6. The summed E-state index contributed by atoms with van der Waals surface area (Å²) in [6, 6.07) is 18.8. The van der Waals surface area contributed by atoms with Gasteiger partial charge in [0.05, 0.1) is 0 Å². The molecule has 0 spiro atoms. The van der Waals surface area contributed by atoms with E-state index in [1.54, 1.807) is 6.07 Å². The molecule has 0 atom stereocenters. The van der Waals surface area contributed by atoms with Crippen molar-refractivity contribution in [1.82, 2.24) is 15.3 Å². The first-order valence-corrected chi connectivity index (χ1v) is 8.76. The van der Waals surface area contributed by atoms with E-state index in [-0.39, 0.29) is 11.9 Å². The highest BCUT2D eigenvalue weighted by Crippen LogP contribution is 2.23. The standard InChI is InChI=1S/C21H22N4O2/c1-14(2)22-20(26)19-13-15(3)23-21(25-19)24-16-9-11-18(12-10-16)27-17-7-5-4-6-8-17/h4-14H,1-3H3,(H,22,26)(H,23,24,25). The second-order valence-electron chi connectivity index (χ2n) is 6.41. The Morgan fingerprint density at radius 3 is 2.30 bits per heavy atom. The van der Waals surface area contributed by atoms with E-state index in [0.29, 0.717) is 17.3 Å².